The molecular formula is C29H25Cl2F2N3O5. The molecular weight excluding hydrogens is 579 g/mol. The van der Waals surface area contributed by atoms with Crippen LogP contribution >= 0.6 is 23.2 Å². The molecule has 4 aliphatic rings. The fourth-order valence-electron chi connectivity index (χ4n) is 6.82. The summed E-state index contributed by atoms with van der Waals surface area (Å²) >= 11 is 13.0. The lowest BCUT2D eigenvalue weighted by molar-refractivity contribution is 0.0686. The number of carbonyl (C=O) groups is 2. The Balaban J connectivity index is 1.07. The van der Waals surface area contributed by atoms with E-state index in [1.165, 1.54) is 0 Å². The average Bonchev–Trinajstić information content (AvgIpc) is 3.80. The van der Waals surface area contributed by atoms with E-state index in [0.717, 1.165) is 55.6 Å². The Kier molecular flexibility index (Phi) is 6.48. The van der Waals surface area contributed by atoms with Gasteiger partial charge in [-0.05, 0) is 62.3 Å². The Morgan fingerprint density at radius 2 is 1.83 bits per heavy atom. The number of halogens is 4. The van der Waals surface area contributed by atoms with E-state index in [0.29, 0.717) is 33.1 Å². The van der Waals surface area contributed by atoms with E-state index in [-0.39, 0.29) is 36.4 Å². The molecule has 2 saturated heterocycles. The molecule has 2 amide bonds. The highest BCUT2D eigenvalue weighted by molar-refractivity contribution is 6.39. The molecule has 8 nitrogen and oxygen atoms in total. The molecule has 7 rings (SSSR count). The number of amides is 2. The summed E-state index contributed by atoms with van der Waals surface area (Å²) in [5.41, 5.74) is 0.858. The number of carboxylic acid groups (broad SMARTS) is 1. The monoisotopic (exact) mass is 603 g/mol. The van der Waals surface area contributed by atoms with Crippen LogP contribution in [-0.4, -0.2) is 45.4 Å². The van der Waals surface area contributed by atoms with Gasteiger partial charge in [0.2, 0.25) is 0 Å². The maximum absolute atomic E-state index is 14.2. The first-order valence-corrected chi connectivity index (χ1v) is 14.3. The summed E-state index contributed by atoms with van der Waals surface area (Å²) < 4.78 is 40.6. The van der Waals surface area contributed by atoms with Crippen molar-refractivity contribution in [1.29, 1.82) is 0 Å². The lowest BCUT2D eigenvalue weighted by Crippen LogP contribution is -2.47. The van der Waals surface area contributed by atoms with Crippen molar-refractivity contribution in [2.75, 3.05) is 5.32 Å². The smallest absolute Gasteiger partial charge is 0.341 e. The van der Waals surface area contributed by atoms with Crippen LogP contribution in [0.4, 0.5) is 19.3 Å². The topological polar surface area (TPSA) is 105 Å². The molecule has 3 heterocycles. The number of aromatic nitrogens is 1. The first-order valence-electron chi connectivity index (χ1n) is 13.6. The predicted octanol–water partition coefficient (Wildman–Crippen LogP) is 7.10. The summed E-state index contributed by atoms with van der Waals surface area (Å²) in [5.74, 6) is -2.67. The summed E-state index contributed by atoms with van der Waals surface area (Å²) in [4.78, 5) is 26.1. The number of nitrogens with zero attached hydrogens (tertiary/aromatic N) is 2. The van der Waals surface area contributed by atoms with E-state index in [4.69, 9.17) is 37.6 Å². The lowest BCUT2D eigenvalue weighted by Gasteiger charge is -2.34. The number of fused-ring (bicyclic) bond motifs is 4. The van der Waals surface area contributed by atoms with Crippen molar-refractivity contribution in [3.63, 3.8) is 0 Å². The minimum Gasteiger partial charge on any atom is -0.477 e. The highest BCUT2D eigenvalue weighted by Crippen LogP contribution is 2.58. The molecule has 2 bridgehead atoms. The van der Waals surface area contributed by atoms with Crippen LogP contribution in [0.5, 0.6) is 0 Å². The number of carbonyl (C=O) groups excluding carboxylic acids is 1. The first kappa shape index (κ1) is 26.7. The van der Waals surface area contributed by atoms with Gasteiger partial charge in [-0.15, -0.1) is 0 Å². The van der Waals surface area contributed by atoms with E-state index >= 15 is 0 Å². The largest absolute Gasteiger partial charge is 0.477 e. The van der Waals surface area contributed by atoms with Crippen molar-refractivity contribution in [2.24, 2.45) is 11.8 Å². The van der Waals surface area contributed by atoms with Gasteiger partial charge in [0.05, 0.1) is 22.8 Å². The van der Waals surface area contributed by atoms with Crippen molar-refractivity contribution < 1.29 is 32.7 Å². The number of aromatic carboxylic acids is 1. The van der Waals surface area contributed by atoms with Crippen LogP contribution in [0.2, 0.25) is 10.0 Å². The highest BCUT2D eigenvalue weighted by atomic mass is 35.5. The minimum absolute atomic E-state index is 0.0158. The van der Waals surface area contributed by atoms with Gasteiger partial charge < -0.3 is 24.6 Å². The summed E-state index contributed by atoms with van der Waals surface area (Å²) in [6.45, 7) is 0.280. The Labute approximate surface area is 243 Å². The average molecular weight is 604 g/mol. The predicted molar refractivity (Wildman–Crippen MR) is 145 cm³/mol. The van der Waals surface area contributed by atoms with Gasteiger partial charge in [0.25, 0.3) is 0 Å². The third-order valence-corrected chi connectivity index (χ3v) is 9.45. The van der Waals surface area contributed by atoms with Crippen molar-refractivity contribution in [1.82, 2.24) is 10.1 Å². The molecule has 3 aromatic rings. The Bertz CT molecular complexity index is 1530. The maximum atomic E-state index is 14.2. The van der Waals surface area contributed by atoms with Crippen LogP contribution < -0.4 is 5.32 Å². The molecule has 5 atom stereocenters. The molecule has 4 unspecified atom stereocenters. The van der Waals surface area contributed by atoms with E-state index in [9.17, 15) is 18.4 Å². The maximum Gasteiger partial charge on any atom is 0.341 e. The van der Waals surface area contributed by atoms with Crippen molar-refractivity contribution in [3.8, 4) is 11.3 Å². The number of ether oxygens (including phenoxy) is 1. The van der Waals surface area contributed by atoms with Gasteiger partial charge in [-0.2, -0.15) is 0 Å². The molecule has 0 radical (unpaired) electrons. The molecule has 1 aromatic heterocycles. The molecule has 2 aliphatic heterocycles. The summed E-state index contributed by atoms with van der Waals surface area (Å²) in [5, 5.41) is 16.8. The summed E-state index contributed by atoms with van der Waals surface area (Å²) in [6, 6.07) is 6.38. The van der Waals surface area contributed by atoms with Crippen LogP contribution in [-0.2, 0) is 11.3 Å². The Morgan fingerprint density at radius 3 is 2.49 bits per heavy atom. The summed E-state index contributed by atoms with van der Waals surface area (Å²) in [6.07, 6.45) is 4.40. The second-order valence-electron chi connectivity index (χ2n) is 11.3. The standard InChI is InChI=1S/C29H25Cl2F2N3O5/c30-17-2-1-3-18(31)23(17)25-16(26(41-35-25)12-4-5-12)11-40-27-15-10-14-6-7-21(22(15)27)36(14)29(39)34-13-8-19(32)24(28(37)38)20(33)9-13/h1-3,8-9,12,14-15,21-22,27H,4-7,10-11H2,(H,34,39)(H,37,38)/t14?,15?,21?,22?,27-/m0/s1. The van der Waals surface area contributed by atoms with Crippen molar-refractivity contribution >= 4 is 40.9 Å². The fourth-order valence-corrected chi connectivity index (χ4v) is 7.39. The van der Waals surface area contributed by atoms with E-state index < -0.39 is 29.2 Å². The normalized spacial score (nSPS) is 26.1. The molecule has 12 heteroatoms. The molecule has 2 aliphatic carbocycles. The first-order chi connectivity index (χ1) is 19.7. The zero-order chi connectivity index (χ0) is 28.6. The van der Waals surface area contributed by atoms with Gasteiger partial charge in [0, 0.05) is 40.7 Å². The van der Waals surface area contributed by atoms with E-state index in [1.54, 1.807) is 23.1 Å². The van der Waals surface area contributed by atoms with Crippen LogP contribution in [0.3, 0.4) is 0 Å². The Hall–Kier alpha value is -3.21. The highest BCUT2D eigenvalue weighted by Gasteiger charge is 2.64. The fraction of sp³-hybridized carbons (Fsp3) is 0.414. The van der Waals surface area contributed by atoms with Gasteiger partial charge in [-0.3, -0.25) is 0 Å². The number of rotatable bonds is 7. The number of anilines is 1. The third-order valence-electron chi connectivity index (χ3n) is 8.82. The van der Waals surface area contributed by atoms with Gasteiger partial charge >= 0.3 is 12.0 Å². The van der Waals surface area contributed by atoms with Gasteiger partial charge in [0.15, 0.2) is 0 Å². The quantitative estimate of drug-likeness (QED) is 0.298. The molecule has 2 N–H and O–H groups in total. The number of benzene rings is 2. The number of urea groups is 1. The van der Waals surface area contributed by atoms with Crippen LogP contribution in [0.15, 0.2) is 34.9 Å². The van der Waals surface area contributed by atoms with Crippen molar-refractivity contribution in [3.05, 3.63) is 68.9 Å². The molecule has 2 saturated carbocycles. The Morgan fingerprint density at radius 1 is 1.12 bits per heavy atom. The van der Waals surface area contributed by atoms with Crippen LogP contribution in [0.25, 0.3) is 11.3 Å². The number of carboxylic acids is 1. The zero-order valence-corrected chi connectivity index (χ0v) is 23.1. The van der Waals surface area contributed by atoms with Crippen molar-refractivity contribution in [2.45, 2.75) is 62.8 Å². The molecule has 41 heavy (non-hydrogen) atoms. The molecule has 2 aromatic carbocycles. The summed E-state index contributed by atoms with van der Waals surface area (Å²) in [7, 11) is 0. The second-order valence-corrected chi connectivity index (χ2v) is 12.1. The minimum atomic E-state index is -1.71. The van der Waals surface area contributed by atoms with Crippen LogP contribution in [0, 0.1) is 23.5 Å². The lowest BCUT2D eigenvalue weighted by atomic mass is 10.0. The molecule has 0 spiro atoms. The third kappa shape index (κ3) is 4.56. The van der Waals surface area contributed by atoms with Gasteiger partial charge in [0.1, 0.15) is 28.7 Å². The van der Waals surface area contributed by atoms with Gasteiger partial charge in [-0.25, -0.2) is 18.4 Å². The number of hydrogen-bond donors (Lipinski definition) is 2. The van der Waals surface area contributed by atoms with Crippen LogP contribution in [0.1, 0.15) is 59.7 Å². The number of piperidine rings is 1. The second kappa shape index (κ2) is 9.96. The number of hydrogen-bond acceptors (Lipinski definition) is 5. The van der Waals surface area contributed by atoms with Gasteiger partial charge in [-0.1, -0.05) is 34.4 Å². The zero-order valence-electron chi connectivity index (χ0n) is 21.6. The molecule has 4 fully saturated rings. The number of nitrogens with one attached hydrogen (secondary N) is 1. The SMILES string of the molecule is O=C(O)c1c(F)cc(NC(=O)N2C3CCC2C2C(C3)[C@@H]2OCc2c(-c3c(Cl)cccc3Cl)noc2C2CC2)cc1F. The van der Waals surface area contributed by atoms with E-state index in [1.807, 2.05) is 0 Å². The van der Waals surface area contributed by atoms with E-state index in [2.05, 4.69) is 10.5 Å². The molecule has 214 valence electrons.